The normalized spacial score (nSPS) is 12.6. The first-order valence-corrected chi connectivity index (χ1v) is 5.72. The summed E-state index contributed by atoms with van der Waals surface area (Å²) < 4.78 is 1.02. The molecule has 0 aliphatic heterocycles. The van der Waals surface area contributed by atoms with Gasteiger partial charge in [-0.2, -0.15) is 0 Å². The van der Waals surface area contributed by atoms with Gasteiger partial charge in [0, 0.05) is 4.47 Å². The molecule has 1 rings (SSSR count). The monoisotopic (exact) mass is 274 g/mol. The van der Waals surface area contributed by atoms with E-state index in [0.717, 1.165) is 16.5 Å². The van der Waals surface area contributed by atoms with E-state index < -0.39 is 5.38 Å². The van der Waals surface area contributed by atoms with Crippen molar-refractivity contribution in [2.24, 2.45) is 0 Å². The second kappa shape index (κ2) is 4.94. The van der Waals surface area contributed by atoms with Crippen molar-refractivity contribution in [1.82, 2.24) is 0 Å². The van der Waals surface area contributed by atoms with Crippen molar-refractivity contribution in [3.63, 3.8) is 0 Å². The van der Waals surface area contributed by atoms with Crippen LogP contribution in [-0.2, 0) is 11.2 Å². The van der Waals surface area contributed by atoms with E-state index in [-0.39, 0.29) is 5.78 Å². The maximum Gasteiger partial charge on any atom is 0.152 e. The van der Waals surface area contributed by atoms with E-state index in [1.165, 1.54) is 12.5 Å². The van der Waals surface area contributed by atoms with Gasteiger partial charge in [0.2, 0.25) is 0 Å². The lowest BCUT2D eigenvalue weighted by molar-refractivity contribution is -0.116. The van der Waals surface area contributed by atoms with Crippen molar-refractivity contribution in [2.45, 2.75) is 25.6 Å². The Hall–Kier alpha value is -0.340. The molecule has 0 amide bonds. The second-order valence-corrected chi connectivity index (χ2v) is 4.47. The molecule has 0 saturated heterocycles. The smallest absolute Gasteiger partial charge is 0.152 e. The minimum atomic E-state index is -0.530. The fourth-order valence-corrected chi connectivity index (χ4v) is 2.06. The zero-order valence-corrected chi connectivity index (χ0v) is 10.5. The first-order chi connectivity index (χ1) is 6.56. The van der Waals surface area contributed by atoms with E-state index in [1.807, 2.05) is 18.2 Å². The lowest BCUT2D eigenvalue weighted by atomic mass is 10.1. The van der Waals surface area contributed by atoms with Crippen LogP contribution in [0.15, 0.2) is 22.7 Å². The molecule has 1 aromatic rings. The molecule has 1 nitrogen and oxygen atoms in total. The average molecular weight is 276 g/mol. The molecule has 14 heavy (non-hydrogen) atoms. The summed E-state index contributed by atoms with van der Waals surface area (Å²) in [7, 11) is 0. The number of alkyl halides is 1. The van der Waals surface area contributed by atoms with Gasteiger partial charge in [0.15, 0.2) is 5.78 Å². The van der Waals surface area contributed by atoms with Crippen LogP contribution in [0.25, 0.3) is 0 Å². The van der Waals surface area contributed by atoms with E-state index in [0.29, 0.717) is 0 Å². The highest BCUT2D eigenvalue weighted by molar-refractivity contribution is 9.10. The van der Waals surface area contributed by atoms with E-state index in [4.69, 9.17) is 11.6 Å². The standard InChI is InChI=1S/C11H12BrClO/c1-3-8-4-5-9(6-10(8)12)11(13)7(2)14/h4-6,11H,3H2,1-2H3. The molecular formula is C11H12BrClO. The van der Waals surface area contributed by atoms with Crippen LogP contribution < -0.4 is 0 Å². The van der Waals surface area contributed by atoms with Gasteiger partial charge < -0.3 is 0 Å². The maximum atomic E-state index is 11.1. The molecule has 0 fully saturated rings. The van der Waals surface area contributed by atoms with Crippen LogP contribution in [-0.4, -0.2) is 5.78 Å². The van der Waals surface area contributed by atoms with Crippen LogP contribution in [0.4, 0.5) is 0 Å². The Morgan fingerprint density at radius 2 is 2.21 bits per heavy atom. The van der Waals surface area contributed by atoms with Gasteiger partial charge in [-0.25, -0.2) is 0 Å². The highest BCUT2D eigenvalue weighted by Crippen LogP contribution is 2.26. The predicted octanol–water partition coefficient (Wildman–Crippen LogP) is 3.88. The number of aryl methyl sites for hydroxylation is 1. The number of carbonyl (C=O) groups excluding carboxylic acids is 1. The predicted molar refractivity (Wildman–Crippen MR) is 62.8 cm³/mol. The molecule has 0 spiro atoms. The van der Waals surface area contributed by atoms with Crippen molar-refractivity contribution >= 4 is 33.3 Å². The van der Waals surface area contributed by atoms with Crippen molar-refractivity contribution in [3.05, 3.63) is 33.8 Å². The van der Waals surface area contributed by atoms with Gasteiger partial charge in [0.1, 0.15) is 5.38 Å². The number of rotatable bonds is 3. The average Bonchev–Trinajstić information content (AvgIpc) is 2.16. The Kier molecular flexibility index (Phi) is 4.14. The van der Waals surface area contributed by atoms with Crippen molar-refractivity contribution < 1.29 is 4.79 Å². The fourth-order valence-electron chi connectivity index (χ4n) is 1.24. The Bertz CT molecular complexity index is 349. The minimum absolute atomic E-state index is 0.0252. The molecule has 1 unspecified atom stereocenters. The van der Waals surface area contributed by atoms with E-state index in [1.54, 1.807) is 0 Å². The van der Waals surface area contributed by atoms with Gasteiger partial charge in [0.05, 0.1) is 0 Å². The summed E-state index contributed by atoms with van der Waals surface area (Å²) in [6, 6.07) is 5.82. The highest BCUT2D eigenvalue weighted by Gasteiger charge is 2.13. The number of ketones is 1. The van der Waals surface area contributed by atoms with Crippen LogP contribution in [0, 0.1) is 0 Å². The van der Waals surface area contributed by atoms with Gasteiger partial charge in [-0.15, -0.1) is 11.6 Å². The van der Waals surface area contributed by atoms with Crippen LogP contribution in [0.2, 0.25) is 0 Å². The summed E-state index contributed by atoms with van der Waals surface area (Å²) in [4.78, 5) is 11.1. The molecular weight excluding hydrogens is 263 g/mol. The van der Waals surface area contributed by atoms with Gasteiger partial charge in [-0.1, -0.05) is 35.0 Å². The zero-order chi connectivity index (χ0) is 10.7. The first-order valence-electron chi connectivity index (χ1n) is 4.49. The Balaban J connectivity index is 3.02. The molecule has 76 valence electrons. The molecule has 3 heteroatoms. The van der Waals surface area contributed by atoms with Gasteiger partial charge in [0.25, 0.3) is 0 Å². The SMILES string of the molecule is CCc1ccc(C(Cl)C(C)=O)cc1Br. The molecule has 0 aliphatic carbocycles. The molecule has 0 N–H and O–H groups in total. The molecule has 1 atom stereocenters. The highest BCUT2D eigenvalue weighted by atomic mass is 79.9. The fraction of sp³-hybridized carbons (Fsp3) is 0.364. The number of halogens is 2. The summed E-state index contributed by atoms with van der Waals surface area (Å²) in [5.41, 5.74) is 2.07. The number of carbonyl (C=O) groups is 1. The molecule has 0 saturated carbocycles. The van der Waals surface area contributed by atoms with E-state index in [2.05, 4.69) is 22.9 Å². The van der Waals surface area contributed by atoms with Crippen molar-refractivity contribution in [1.29, 1.82) is 0 Å². The first kappa shape index (κ1) is 11.7. The molecule has 0 aromatic heterocycles. The minimum Gasteiger partial charge on any atom is -0.298 e. The molecule has 0 bridgehead atoms. The number of hydrogen-bond acceptors (Lipinski definition) is 1. The zero-order valence-electron chi connectivity index (χ0n) is 8.18. The summed E-state index contributed by atoms with van der Waals surface area (Å²) in [5.74, 6) is -0.0252. The Morgan fingerprint density at radius 1 is 1.57 bits per heavy atom. The third-order valence-electron chi connectivity index (χ3n) is 2.11. The molecule has 0 radical (unpaired) electrons. The lowest BCUT2D eigenvalue weighted by Gasteiger charge is -2.08. The van der Waals surface area contributed by atoms with Crippen LogP contribution in [0.5, 0.6) is 0 Å². The largest absolute Gasteiger partial charge is 0.298 e. The van der Waals surface area contributed by atoms with Crippen LogP contribution in [0.3, 0.4) is 0 Å². The number of benzene rings is 1. The third kappa shape index (κ3) is 2.58. The molecule has 0 heterocycles. The summed E-state index contributed by atoms with van der Waals surface area (Å²) in [5, 5.41) is -0.530. The maximum absolute atomic E-state index is 11.1. The van der Waals surface area contributed by atoms with Crippen molar-refractivity contribution in [3.8, 4) is 0 Å². The van der Waals surface area contributed by atoms with E-state index in [9.17, 15) is 4.79 Å². The van der Waals surface area contributed by atoms with Gasteiger partial charge in [-0.3, -0.25) is 4.79 Å². The summed E-state index contributed by atoms with van der Waals surface area (Å²) in [6.45, 7) is 3.59. The molecule has 1 aromatic carbocycles. The van der Waals surface area contributed by atoms with Crippen LogP contribution >= 0.6 is 27.5 Å². The van der Waals surface area contributed by atoms with E-state index >= 15 is 0 Å². The number of hydrogen-bond donors (Lipinski definition) is 0. The van der Waals surface area contributed by atoms with Crippen LogP contribution in [0.1, 0.15) is 30.4 Å². The Labute approximate surface area is 97.6 Å². The summed E-state index contributed by atoms with van der Waals surface area (Å²) in [6.07, 6.45) is 0.966. The topological polar surface area (TPSA) is 17.1 Å². The van der Waals surface area contributed by atoms with Crippen molar-refractivity contribution in [2.75, 3.05) is 0 Å². The second-order valence-electron chi connectivity index (χ2n) is 3.18. The summed E-state index contributed by atoms with van der Waals surface area (Å²) >= 11 is 9.39. The van der Waals surface area contributed by atoms with Gasteiger partial charge >= 0.3 is 0 Å². The quantitative estimate of drug-likeness (QED) is 0.765. The molecule has 0 aliphatic rings. The number of Topliss-reactive ketones (excluding diaryl/α,β-unsaturated/α-hetero) is 1. The van der Waals surface area contributed by atoms with Gasteiger partial charge in [-0.05, 0) is 30.5 Å². The Morgan fingerprint density at radius 3 is 2.64 bits per heavy atom. The lowest BCUT2D eigenvalue weighted by Crippen LogP contribution is -2.01. The third-order valence-corrected chi connectivity index (χ3v) is 3.41.